The summed E-state index contributed by atoms with van der Waals surface area (Å²) in [6, 6.07) is 70.1. The zero-order valence-electron chi connectivity index (χ0n) is 31.3. The monoisotopic (exact) mass is 736 g/mol. The van der Waals surface area contributed by atoms with Crippen LogP contribution in [0, 0.1) is 0 Å². The second-order valence-corrected chi connectivity index (χ2v) is 15.3. The molecule has 0 bridgehead atoms. The Balaban J connectivity index is 1.15. The van der Waals surface area contributed by atoms with E-state index < -0.39 is 0 Å². The molecule has 0 fully saturated rings. The Kier molecular flexibility index (Phi) is 6.41. The average Bonchev–Trinajstić information content (AvgIpc) is 3.75. The highest BCUT2D eigenvalue weighted by atomic mass is 15.1. The first-order valence-corrected chi connectivity index (χ1v) is 19.8. The molecule has 1 aliphatic rings. The highest BCUT2D eigenvalue weighted by Gasteiger charge is 2.26. The number of nitrogens with zero attached hydrogens (tertiary/aromatic N) is 4. The lowest BCUT2D eigenvalue weighted by molar-refractivity contribution is 1.08. The van der Waals surface area contributed by atoms with Crippen LogP contribution in [0.1, 0.15) is 0 Å². The molecule has 0 aliphatic carbocycles. The van der Waals surface area contributed by atoms with Crippen molar-refractivity contribution in [2.75, 3.05) is 0 Å². The summed E-state index contributed by atoms with van der Waals surface area (Å²) in [7, 11) is 0. The molecule has 58 heavy (non-hydrogen) atoms. The third-order valence-corrected chi connectivity index (χ3v) is 12.3. The Hall–Kier alpha value is -7.82. The van der Waals surface area contributed by atoms with Crippen molar-refractivity contribution < 1.29 is 0 Å². The van der Waals surface area contributed by atoms with E-state index in [0.29, 0.717) is 0 Å². The topological polar surface area (TPSA) is 35.6 Å². The largest absolute Gasteiger partial charge is 0.308 e. The van der Waals surface area contributed by atoms with Gasteiger partial charge in [-0.05, 0) is 58.0 Å². The fourth-order valence-electron chi connectivity index (χ4n) is 9.65. The lowest BCUT2D eigenvalue weighted by Gasteiger charge is -2.15. The first-order chi connectivity index (χ1) is 28.8. The SMILES string of the molecule is c1ccc(-c2ccc(-c3nc4ccc5ccccc5c4nc3-n3c4ccccc4c4cc5c(cc43)c3cccc4c3n5-c3ccccc3-c3ccccc3-4)cc2)cc1. The van der Waals surface area contributed by atoms with Gasteiger partial charge in [0.25, 0.3) is 0 Å². The van der Waals surface area contributed by atoms with E-state index >= 15 is 0 Å². The van der Waals surface area contributed by atoms with Gasteiger partial charge in [-0.3, -0.25) is 4.57 Å². The highest BCUT2D eigenvalue weighted by Crippen LogP contribution is 2.48. The molecule has 0 saturated heterocycles. The maximum Gasteiger partial charge on any atom is 0.165 e. The fraction of sp³-hybridized carbons (Fsp3) is 0. The number of hydrogen-bond acceptors (Lipinski definition) is 2. The second-order valence-electron chi connectivity index (χ2n) is 15.3. The summed E-state index contributed by atoms with van der Waals surface area (Å²) in [5, 5.41) is 7.01. The summed E-state index contributed by atoms with van der Waals surface area (Å²) >= 11 is 0. The fourth-order valence-corrected chi connectivity index (χ4v) is 9.65. The van der Waals surface area contributed by atoms with Gasteiger partial charge in [-0.15, -0.1) is 0 Å². The summed E-state index contributed by atoms with van der Waals surface area (Å²) in [5.74, 6) is 0.812. The van der Waals surface area contributed by atoms with E-state index in [1.807, 2.05) is 0 Å². The Labute approximate surface area is 333 Å². The third-order valence-electron chi connectivity index (χ3n) is 12.3. The highest BCUT2D eigenvalue weighted by molar-refractivity contribution is 6.22. The van der Waals surface area contributed by atoms with Crippen LogP contribution in [0.3, 0.4) is 0 Å². The minimum Gasteiger partial charge on any atom is -0.308 e. The van der Waals surface area contributed by atoms with Gasteiger partial charge in [0, 0.05) is 43.6 Å². The van der Waals surface area contributed by atoms with Crippen LogP contribution in [-0.2, 0) is 0 Å². The van der Waals surface area contributed by atoms with Crippen molar-refractivity contribution in [1.29, 1.82) is 0 Å². The van der Waals surface area contributed by atoms with Crippen LogP contribution in [0.5, 0.6) is 0 Å². The molecule has 0 spiro atoms. The number of benzene rings is 9. The summed E-state index contributed by atoms with van der Waals surface area (Å²) in [6.45, 7) is 0. The van der Waals surface area contributed by atoms with Gasteiger partial charge in [-0.25, -0.2) is 9.97 Å². The minimum atomic E-state index is 0.812. The lowest BCUT2D eigenvalue weighted by atomic mass is 9.94. The molecule has 1 aliphatic heterocycles. The van der Waals surface area contributed by atoms with Crippen LogP contribution < -0.4 is 0 Å². The molecule has 3 aromatic heterocycles. The number of fused-ring (bicyclic) bond motifs is 14. The summed E-state index contributed by atoms with van der Waals surface area (Å²) in [4.78, 5) is 11.1. The van der Waals surface area contributed by atoms with Crippen LogP contribution in [0.25, 0.3) is 122 Å². The molecule has 12 aromatic rings. The van der Waals surface area contributed by atoms with Gasteiger partial charge in [-0.2, -0.15) is 0 Å². The molecule has 0 atom stereocenters. The van der Waals surface area contributed by atoms with E-state index in [-0.39, 0.29) is 0 Å². The molecule has 268 valence electrons. The normalized spacial score (nSPS) is 12.1. The van der Waals surface area contributed by atoms with E-state index in [1.165, 1.54) is 66.1 Å². The van der Waals surface area contributed by atoms with Gasteiger partial charge in [0.15, 0.2) is 5.82 Å². The van der Waals surface area contributed by atoms with Crippen molar-refractivity contribution in [2.24, 2.45) is 0 Å². The maximum atomic E-state index is 5.65. The number of rotatable bonds is 3. The number of para-hydroxylation sites is 3. The van der Waals surface area contributed by atoms with Crippen molar-refractivity contribution in [3.63, 3.8) is 0 Å². The molecular weight excluding hydrogens is 705 g/mol. The first-order valence-electron chi connectivity index (χ1n) is 19.8. The van der Waals surface area contributed by atoms with Crippen molar-refractivity contribution in [2.45, 2.75) is 0 Å². The van der Waals surface area contributed by atoms with E-state index in [9.17, 15) is 0 Å². The Morgan fingerprint density at radius 3 is 1.79 bits per heavy atom. The molecule has 0 amide bonds. The van der Waals surface area contributed by atoms with E-state index in [2.05, 4.69) is 203 Å². The average molecular weight is 737 g/mol. The quantitative estimate of drug-likeness (QED) is 0.169. The third kappa shape index (κ3) is 4.34. The predicted octanol–water partition coefficient (Wildman–Crippen LogP) is 14.0. The van der Waals surface area contributed by atoms with Crippen LogP contribution in [0.15, 0.2) is 194 Å². The maximum absolute atomic E-state index is 5.65. The van der Waals surface area contributed by atoms with Gasteiger partial charge in [0.1, 0.15) is 5.69 Å². The molecule has 0 unspecified atom stereocenters. The lowest BCUT2D eigenvalue weighted by Crippen LogP contribution is -2.04. The van der Waals surface area contributed by atoms with Gasteiger partial charge in [-0.1, -0.05) is 164 Å². The second kappa shape index (κ2) is 11.8. The molecule has 0 saturated carbocycles. The van der Waals surface area contributed by atoms with Crippen molar-refractivity contribution in [1.82, 2.24) is 19.1 Å². The molecule has 0 radical (unpaired) electrons. The summed E-state index contributed by atoms with van der Waals surface area (Å²) < 4.78 is 4.86. The van der Waals surface area contributed by atoms with Gasteiger partial charge in [0.2, 0.25) is 0 Å². The molecule has 4 heteroatoms. The molecule has 4 nitrogen and oxygen atoms in total. The van der Waals surface area contributed by atoms with Crippen LogP contribution >= 0.6 is 0 Å². The zero-order valence-corrected chi connectivity index (χ0v) is 31.3. The van der Waals surface area contributed by atoms with Crippen LogP contribution in [0.4, 0.5) is 0 Å². The number of aromatic nitrogens is 4. The van der Waals surface area contributed by atoms with Gasteiger partial charge in [0.05, 0.1) is 38.8 Å². The van der Waals surface area contributed by atoms with Gasteiger partial charge < -0.3 is 4.57 Å². The summed E-state index contributed by atoms with van der Waals surface area (Å²) in [5.41, 5.74) is 16.8. The molecule has 4 heterocycles. The van der Waals surface area contributed by atoms with Crippen LogP contribution in [0.2, 0.25) is 0 Å². The van der Waals surface area contributed by atoms with E-state index in [1.54, 1.807) is 0 Å². The van der Waals surface area contributed by atoms with E-state index in [0.717, 1.165) is 55.5 Å². The van der Waals surface area contributed by atoms with Crippen LogP contribution in [-0.4, -0.2) is 19.1 Å². The smallest absolute Gasteiger partial charge is 0.165 e. The predicted molar refractivity (Wildman–Crippen MR) is 241 cm³/mol. The molecule has 9 aromatic carbocycles. The first kappa shape index (κ1) is 31.4. The minimum absolute atomic E-state index is 0.812. The Bertz CT molecular complexity index is 3670. The van der Waals surface area contributed by atoms with E-state index in [4.69, 9.17) is 9.97 Å². The van der Waals surface area contributed by atoms with Gasteiger partial charge >= 0.3 is 0 Å². The standard InChI is InChI=1S/C54H32N4/c1-2-13-33(14-3-1)34-25-27-36(28-26-34)51-54(56-52-37-16-5-4-15-35(37)29-30-46(52)55-51)58-48-24-11-9-20-41(48)44-31-49-45(32-50(44)58)43-22-12-21-42-39-18-7-6-17-38(39)40-19-8-10-23-47(40)57(49)53(42)43/h1-32H. The van der Waals surface area contributed by atoms with Crippen molar-refractivity contribution in [3.05, 3.63) is 194 Å². The zero-order chi connectivity index (χ0) is 37.9. The molecule has 13 rings (SSSR count). The summed E-state index contributed by atoms with van der Waals surface area (Å²) in [6.07, 6.45) is 0. The Morgan fingerprint density at radius 2 is 0.948 bits per heavy atom. The number of hydrogen-bond donors (Lipinski definition) is 0. The molecule has 0 N–H and O–H groups in total. The molecular formula is C54H32N4. The Morgan fingerprint density at radius 1 is 0.345 bits per heavy atom. The van der Waals surface area contributed by atoms with Crippen molar-refractivity contribution in [3.8, 4) is 56.1 Å². The van der Waals surface area contributed by atoms with Crippen molar-refractivity contribution >= 4 is 65.4 Å².